The number of hydrogen-bond donors (Lipinski definition) is 1. The number of carbonyl (C=O) groups excluding carboxylic acids is 1. The number of hydrogen-bond acceptors (Lipinski definition) is 3. The van der Waals surface area contributed by atoms with Gasteiger partial charge in [0.05, 0.1) is 5.92 Å². The summed E-state index contributed by atoms with van der Waals surface area (Å²) >= 11 is 0. The third kappa shape index (κ3) is 4.52. The van der Waals surface area contributed by atoms with Crippen LogP contribution in [0.1, 0.15) is 46.5 Å². The highest BCUT2D eigenvalue weighted by molar-refractivity contribution is 5.72. The lowest BCUT2D eigenvalue weighted by atomic mass is 9.82. The van der Waals surface area contributed by atoms with Gasteiger partial charge in [0.25, 0.3) is 0 Å². The lowest BCUT2D eigenvalue weighted by Gasteiger charge is -2.29. The van der Waals surface area contributed by atoms with Crippen molar-refractivity contribution in [2.24, 2.45) is 11.8 Å². The molecule has 0 aliphatic heterocycles. The maximum Gasteiger partial charge on any atom is 0.309 e. The number of nitrogens with one attached hydrogen (secondary N) is 1. The van der Waals surface area contributed by atoms with E-state index in [-0.39, 0.29) is 17.5 Å². The summed E-state index contributed by atoms with van der Waals surface area (Å²) in [5.74, 6) is 0.867. The summed E-state index contributed by atoms with van der Waals surface area (Å²) in [6.07, 6.45) is 4.26. The Balaban J connectivity index is 2.33. The van der Waals surface area contributed by atoms with Gasteiger partial charge in [0.2, 0.25) is 0 Å². The number of rotatable bonds is 3. The van der Waals surface area contributed by atoms with Crippen LogP contribution in [0.15, 0.2) is 0 Å². The van der Waals surface area contributed by atoms with Crippen molar-refractivity contribution in [2.45, 2.75) is 52.1 Å². The topological polar surface area (TPSA) is 38.3 Å². The number of ether oxygens (including phenoxy) is 1. The normalized spacial score (nSPS) is 26.5. The molecule has 0 aromatic rings. The third-order valence-electron chi connectivity index (χ3n) is 3.08. The molecule has 0 unspecified atom stereocenters. The Morgan fingerprint density at radius 1 is 1.25 bits per heavy atom. The first-order valence-electron chi connectivity index (χ1n) is 6.30. The van der Waals surface area contributed by atoms with Crippen LogP contribution < -0.4 is 5.32 Å². The van der Waals surface area contributed by atoms with Gasteiger partial charge in [0.1, 0.15) is 5.60 Å². The van der Waals surface area contributed by atoms with Crippen LogP contribution in [0.3, 0.4) is 0 Å². The summed E-state index contributed by atoms with van der Waals surface area (Å²) in [5.41, 5.74) is -0.348. The molecular formula is C13H25NO2. The quantitative estimate of drug-likeness (QED) is 0.752. The molecule has 1 N–H and O–H groups in total. The fourth-order valence-electron chi connectivity index (χ4n) is 2.28. The maximum atomic E-state index is 11.8. The minimum atomic E-state index is -0.348. The Morgan fingerprint density at radius 2 is 1.81 bits per heavy atom. The molecular weight excluding hydrogens is 202 g/mol. The molecule has 0 aromatic heterocycles. The van der Waals surface area contributed by atoms with Crippen molar-refractivity contribution in [1.29, 1.82) is 0 Å². The maximum absolute atomic E-state index is 11.8. The molecule has 1 fully saturated rings. The number of carbonyl (C=O) groups is 1. The first-order chi connectivity index (χ1) is 7.42. The Morgan fingerprint density at radius 3 is 2.25 bits per heavy atom. The zero-order valence-electron chi connectivity index (χ0n) is 11.0. The first-order valence-corrected chi connectivity index (χ1v) is 6.30. The molecule has 1 aliphatic carbocycles. The first kappa shape index (κ1) is 13.5. The Bertz CT molecular complexity index is 225. The number of esters is 1. The Kier molecular flexibility index (Phi) is 4.78. The second kappa shape index (κ2) is 5.67. The van der Waals surface area contributed by atoms with E-state index in [1.165, 1.54) is 0 Å². The van der Waals surface area contributed by atoms with Gasteiger partial charge in [-0.15, -0.1) is 0 Å². The fraction of sp³-hybridized carbons (Fsp3) is 0.923. The van der Waals surface area contributed by atoms with Crippen molar-refractivity contribution in [1.82, 2.24) is 5.32 Å². The Hall–Kier alpha value is -0.570. The standard InChI is InChI=1S/C13H25NO2/c1-13(2,3)16-12(15)11-7-5-10(6-8-11)9-14-4/h10-11,14H,5-9H2,1-4H3. The molecule has 94 valence electrons. The smallest absolute Gasteiger partial charge is 0.309 e. The van der Waals surface area contributed by atoms with Crippen molar-refractivity contribution in [2.75, 3.05) is 13.6 Å². The second-order valence-electron chi connectivity index (χ2n) is 5.81. The third-order valence-corrected chi connectivity index (χ3v) is 3.08. The van der Waals surface area contributed by atoms with Gasteiger partial charge >= 0.3 is 5.97 Å². The summed E-state index contributed by atoms with van der Waals surface area (Å²) in [5, 5.41) is 3.20. The molecule has 0 atom stereocenters. The van der Waals surface area contributed by atoms with Crippen LogP contribution in [-0.4, -0.2) is 25.2 Å². The predicted molar refractivity (Wildman–Crippen MR) is 65.2 cm³/mol. The van der Waals surface area contributed by atoms with Gasteiger partial charge < -0.3 is 10.1 Å². The molecule has 0 aromatic carbocycles. The molecule has 1 rings (SSSR count). The highest BCUT2D eigenvalue weighted by Gasteiger charge is 2.29. The summed E-state index contributed by atoms with van der Waals surface area (Å²) < 4.78 is 5.42. The van der Waals surface area contributed by atoms with Gasteiger partial charge in [-0.1, -0.05) is 0 Å². The summed E-state index contributed by atoms with van der Waals surface area (Å²) in [4.78, 5) is 11.8. The predicted octanol–water partition coefficient (Wildman–Crippen LogP) is 2.35. The zero-order valence-corrected chi connectivity index (χ0v) is 11.0. The minimum Gasteiger partial charge on any atom is -0.460 e. The van der Waals surface area contributed by atoms with Crippen LogP contribution in [0, 0.1) is 11.8 Å². The molecule has 0 spiro atoms. The molecule has 16 heavy (non-hydrogen) atoms. The van der Waals surface area contributed by atoms with Gasteiger partial charge in [0.15, 0.2) is 0 Å². The lowest BCUT2D eigenvalue weighted by Crippen LogP contribution is -2.32. The van der Waals surface area contributed by atoms with Gasteiger partial charge in [0, 0.05) is 0 Å². The van der Waals surface area contributed by atoms with E-state index >= 15 is 0 Å². The van der Waals surface area contributed by atoms with Crippen LogP contribution in [0.5, 0.6) is 0 Å². The molecule has 1 aliphatic rings. The molecule has 0 saturated heterocycles. The van der Waals surface area contributed by atoms with Crippen molar-refractivity contribution in [3.05, 3.63) is 0 Å². The van der Waals surface area contributed by atoms with E-state index in [9.17, 15) is 4.79 Å². The van der Waals surface area contributed by atoms with Crippen molar-refractivity contribution < 1.29 is 9.53 Å². The van der Waals surface area contributed by atoms with Crippen molar-refractivity contribution >= 4 is 5.97 Å². The lowest BCUT2D eigenvalue weighted by molar-refractivity contribution is -0.161. The monoisotopic (exact) mass is 227 g/mol. The van der Waals surface area contributed by atoms with E-state index in [1.807, 2.05) is 27.8 Å². The molecule has 0 radical (unpaired) electrons. The van der Waals surface area contributed by atoms with Crippen LogP contribution >= 0.6 is 0 Å². The van der Waals surface area contributed by atoms with E-state index in [1.54, 1.807) is 0 Å². The van der Waals surface area contributed by atoms with E-state index in [0.717, 1.165) is 38.1 Å². The van der Waals surface area contributed by atoms with Gasteiger partial charge in [-0.05, 0) is 66.0 Å². The molecule has 0 amide bonds. The highest BCUT2D eigenvalue weighted by Crippen LogP contribution is 2.30. The second-order valence-corrected chi connectivity index (χ2v) is 5.81. The fourth-order valence-corrected chi connectivity index (χ4v) is 2.28. The molecule has 3 nitrogen and oxygen atoms in total. The summed E-state index contributed by atoms with van der Waals surface area (Å²) in [6, 6.07) is 0. The van der Waals surface area contributed by atoms with Crippen molar-refractivity contribution in [3.8, 4) is 0 Å². The van der Waals surface area contributed by atoms with Gasteiger partial charge in [-0.2, -0.15) is 0 Å². The molecule has 0 bridgehead atoms. The largest absolute Gasteiger partial charge is 0.460 e. The molecule has 1 saturated carbocycles. The highest BCUT2D eigenvalue weighted by atomic mass is 16.6. The van der Waals surface area contributed by atoms with Crippen LogP contribution in [0.4, 0.5) is 0 Å². The van der Waals surface area contributed by atoms with Crippen molar-refractivity contribution in [3.63, 3.8) is 0 Å². The van der Waals surface area contributed by atoms with E-state index in [2.05, 4.69) is 5.32 Å². The van der Waals surface area contributed by atoms with E-state index in [4.69, 9.17) is 4.74 Å². The van der Waals surface area contributed by atoms with Gasteiger partial charge in [-0.3, -0.25) is 4.79 Å². The molecule has 0 heterocycles. The average molecular weight is 227 g/mol. The van der Waals surface area contributed by atoms with E-state index < -0.39 is 0 Å². The minimum absolute atomic E-state index is 0.00425. The molecule has 3 heteroatoms. The zero-order chi connectivity index (χ0) is 12.2. The van der Waals surface area contributed by atoms with Crippen LogP contribution in [0.2, 0.25) is 0 Å². The van der Waals surface area contributed by atoms with E-state index in [0.29, 0.717) is 0 Å². The summed E-state index contributed by atoms with van der Waals surface area (Å²) in [7, 11) is 1.99. The van der Waals surface area contributed by atoms with Gasteiger partial charge in [-0.25, -0.2) is 0 Å². The van der Waals surface area contributed by atoms with Crippen LogP contribution in [0.25, 0.3) is 0 Å². The SMILES string of the molecule is CNCC1CCC(C(=O)OC(C)(C)C)CC1. The van der Waals surface area contributed by atoms with Crippen LogP contribution in [-0.2, 0) is 9.53 Å². The summed E-state index contributed by atoms with van der Waals surface area (Å²) in [6.45, 7) is 6.85. The average Bonchev–Trinajstić information content (AvgIpc) is 2.16. The Labute approximate surface area is 98.9 Å².